The van der Waals surface area contributed by atoms with Crippen LogP contribution in [0.25, 0.3) is 0 Å². The smallest absolute Gasteiger partial charge is 0.416 e. The van der Waals surface area contributed by atoms with E-state index in [1.807, 2.05) is 13.8 Å². The summed E-state index contributed by atoms with van der Waals surface area (Å²) in [4.78, 5) is 12.9. The van der Waals surface area contributed by atoms with Crippen LogP contribution in [0.4, 0.5) is 29.5 Å². The van der Waals surface area contributed by atoms with Gasteiger partial charge in [0.2, 0.25) is 0 Å². The Morgan fingerprint density at radius 2 is 1.74 bits per heavy atom. The van der Waals surface area contributed by atoms with Crippen LogP contribution in [0.2, 0.25) is 18.1 Å². The van der Waals surface area contributed by atoms with E-state index < -0.39 is 31.5 Å². The zero-order chi connectivity index (χ0) is 26.2. The molecule has 1 aromatic carbocycles. The highest BCUT2D eigenvalue weighted by atomic mass is 28.4. The van der Waals surface area contributed by atoms with Crippen LogP contribution in [0, 0.1) is 0 Å². The molecule has 35 heavy (non-hydrogen) atoms. The SMILES string of the molecule is CC(C)(CO[Si](C)(C)C(C)(C)C)c1cc(NC(=O)N2CCCN2c2ccc(C(F)(F)F)cc2)no1. The first-order valence-corrected chi connectivity index (χ1v) is 14.6. The lowest BCUT2D eigenvalue weighted by molar-refractivity contribution is -0.137. The largest absolute Gasteiger partial charge is 0.416 e. The summed E-state index contributed by atoms with van der Waals surface area (Å²) in [5.41, 5.74) is -0.673. The Morgan fingerprint density at radius 3 is 2.31 bits per heavy atom. The van der Waals surface area contributed by atoms with Crippen molar-refractivity contribution in [2.24, 2.45) is 0 Å². The number of aromatic nitrogens is 1. The molecule has 2 heterocycles. The van der Waals surface area contributed by atoms with E-state index in [9.17, 15) is 18.0 Å². The number of anilines is 2. The van der Waals surface area contributed by atoms with E-state index in [1.165, 1.54) is 17.1 Å². The molecule has 1 aromatic heterocycles. The van der Waals surface area contributed by atoms with Gasteiger partial charge in [-0.1, -0.05) is 39.8 Å². The molecule has 0 spiro atoms. The van der Waals surface area contributed by atoms with Gasteiger partial charge < -0.3 is 8.95 Å². The third-order valence-electron chi connectivity index (χ3n) is 6.77. The third kappa shape index (κ3) is 6.18. The number of alkyl halides is 3. The Labute approximate surface area is 205 Å². The van der Waals surface area contributed by atoms with Crippen molar-refractivity contribution in [3.05, 3.63) is 41.7 Å². The van der Waals surface area contributed by atoms with E-state index in [0.717, 1.165) is 12.1 Å². The number of carbonyl (C=O) groups excluding carboxylic acids is 1. The molecule has 7 nitrogen and oxygen atoms in total. The Morgan fingerprint density at radius 1 is 1.11 bits per heavy atom. The summed E-state index contributed by atoms with van der Waals surface area (Å²) in [5, 5.41) is 9.94. The number of halogens is 3. The number of rotatable bonds is 6. The zero-order valence-electron chi connectivity index (χ0n) is 21.4. The van der Waals surface area contributed by atoms with Crippen LogP contribution in [0.1, 0.15) is 52.4 Å². The summed E-state index contributed by atoms with van der Waals surface area (Å²) >= 11 is 0. The van der Waals surface area contributed by atoms with E-state index >= 15 is 0 Å². The molecule has 0 atom stereocenters. The van der Waals surface area contributed by atoms with Crippen molar-refractivity contribution >= 4 is 25.9 Å². The second-order valence-electron chi connectivity index (χ2n) is 11.1. The second kappa shape index (κ2) is 9.49. The molecule has 1 aliphatic rings. The Kier molecular flexibility index (Phi) is 7.34. The summed E-state index contributed by atoms with van der Waals surface area (Å²) in [7, 11) is -1.95. The molecule has 0 radical (unpaired) electrons. The topological polar surface area (TPSA) is 70.8 Å². The van der Waals surface area contributed by atoms with Gasteiger partial charge in [-0.15, -0.1) is 0 Å². The molecule has 11 heteroatoms. The van der Waals surface area contributed by atoms with Gasteiger partial charge in [0.15, 0.2) is 14.1 Å². The quantitative estimate of drug-likeness (QED) is 0.439. The summed E-state index contributed by atoms with van der Waals surface area (Å²) in [6, 6.07) is 6.02. The number of benzene rings is 1. The maximum atomic E-state index is 12.9. The van der Waals surface area contributed by atoms with Crippen molar-refractivity contribution in [3.63, 3.8) is 0 Å². The number of urea groups is 1. The van der Waals surface area contributed by atoms with Crippen LogP contribution in [0.15, 0.2) is 34.9 Å². The average molecular weight is 513 g/mol. The summed E-state index contributed by atoms with van der Waals surface area (Å²) in [6.45, 7) is 16.3. The van der Waals surface area contributed by atoms with Crippen molar-refractivity contribution in [2.75, 3.05) is 30.0 Å². The molecule has 1 fully saturated rings. The van der Waals surface area contributed by atoms with Gasteiger partial charge >= 0.3 is 12.2 Å². The highest BCUT2D eigenvalue weighted by molar-refractivity contribution is 6.74. The molecule has 0 unspecified atom stereocenters. The van der Waals surface area contributed by atoms with Crippen LogP contribution in [0.3, 0.4) is 0 Å². The maximum absolute atomic E-state index is 12.9. The minimum Gasteiger partial charge on any atom is -0.416 e. The van der Waals surface area contributed by atoms with Crippen LogP contribution in [0.5, 0.6) is 0 Å². The molecular weight excluding hydrogens is 477 g/mol. The predicted octanol–water partition coefficient (Wildman–Crippen LogP) is 6.65. The Balaban J connectivity index is 1.66. The predicted molar refractivity (Wildman–Crippen MR) is 132 cm³/mol. The Bertz CT molecular complexity index is 1030. The fourth-order valence-corrected chi connectivity index (χ4v) is 4.54. The molecule has 1 N–H and O–H groups in total. The Hall–Kier alpha value is -2.53. The van der Waals surface area contributed by atoms with E-state index in [0.29, 0.717) is 37.6 Å². The van der Waals surface area contributed by atoms with Crippen LogP contribution in [-0.4, -0.2) is 44.2 Å². The van der Waals surface area contributed by atoms with Crippen molar-refractivity contribution in [1.82, 2.24) is 10.2 Å². The molecule has 0 saturated carbocycles. The number of nitrogens with zero attached hydrogens (tertiary/aromatic N) is 3. The van der Waals surface area contributed by atoms with E-state index in [4.69, 9.17) is 8.95 Å². The molecule has 1 saturated heterocycles. The normalized spacial score (nSPS) is 15.6. The third-order valence-corrected chi connectivity index (χ3v) is 11.2. The zero-order valence-corrected chi connectivity index (χ0v) is 22.4. The lowest BCUT2D eigenvalue weighted by Crippen LogP contribution is -2.44. The molecule has 194 valence electrons. The van der Waals surface area contributed by atoms with Gasteiger partial charge in [0.05, 0.1) is 11.3 Å². The van der Waals surface area contributed by atoms with Gasteiger partial charge in [-0.3, -0.25) is 10.3 Å². The number of carbonyl (C=O) groups is 1. The standard InChI is InChI=1S/C24H35F3N4O3Si/c1-22(2,3)35(6,7)33-16-23(4,5)19-15-20(29-34-19)28-21(32)31-14-8-13-30(31)18-11-9-17(10-12-18)24(25,26)27/h9-12,15H,8,13-14,16H2,1-7H3,(H,28,29,32). The molecule has 0 bridgehead atoms. The lowest BCUT2D eigenvalue weighted by Gasteiger charge is -2.38. The first kappa shape index (κ1) is 27.1. The van der Waals surface area contributed by atoms with Gasteiger partial charge in [-0.05, 0) is 48.8 Å². The fraction of sp³-hybridized carbons (Fsp3) is 0.583. The van der Waals surface area contributed by atoms with Gasteiger partial charge in [0, 0.05) is 31.2 Å². The molecule has 0 aliphatic carbocycles. The van der Waals surface area contributed by atoms with Gasteiger partial charge in [-0.2, -0.15) is 13.2 Å². The molecule has 2 aromatic rings. The van der Waals surface area contributed by atoms with Gasteiger partial charge in [-0.25, -0.2) is 9.80 Å². The number of hydrogen-bond acceptors (Lipinski definition) is 5. The van der Waals surface area contributed by atoms with Crippen molar-refractivity contribution in [1.29, 1.82) is 0 Å². The maximum Gasteiger partial charge on any atom is 0.416 e. The molecule has 3 rings (SSSR count). The van der Waals surface area contributed by atoms with E-state index in [2.05, 4.69) is 44.3 Å². The lowest BCUT2D eigenvalue weighted by atomic mass is 9.92. The highest BCUT2D eigenvalue weighted by Crippen LogP contribution is 2.38. The molecule has 2 amide bonds. The van der Waals surface area contributed by atoms with Crippen molar-refractivity contribution < 1.29 is 26.9 Å². The summed E-state index contributed by atoms with van der Waals surface area (Å²) < 4.78 is 50.5. The average Bonchev–Trinajstić information content (AvgIpc) is 3.41. The number of hydrazine groups is 1. The van der Waals surface area contributed by atoms with E-state index in [-0.39, 0.29) is 10.9 Å². The van der Waals surface area contributed by atoms with Crippen molar-refractivity contribution in [2.45, 2.75) is 70.8 Å². The van der Waals surface area contributed by atoms with Crippen molar-refractivity contribution in [3.8, 4) is 0 Å². The molecule has 1 aliphatic heterocycles. The van der Waals surface area contributed by atoms with E-state index in [1.54, 1.807) is 11.1 Å². The second-order valence-corrected chi connectivity index (χ2v) is 15.9. The summed E-state index contributed by atoms with van der Waals surface area (Å²) in [6.07, 6.45) is -3.72. The first-order chi connectivity index (χ1) is 16.0. The molecular formula is C24H35F3N4O3Si. The number of nitrogens with one attached hydrogen (secondary N) is 1. The fourth-order valence-electron chi connectivity index (χ4n) is 3.39. The number of amides is 2. The van der Waals surface area contributed by atoms with Gasteiger partial charge in [0.25, 0.3) is 0 Å². The minimum absolute atomic E-state index is 0.0816. The van der Waals surface area contributed by atoms with Gasteiger partial charge in [0.1, 0.15) is 5.76 Å². The monoisotopic (exact) mass is 512 g/mol. The van der Waals surface area contributed by atoms with Crippen LogP contribution < -0.4 is 10.3 Å². The highest BCUT2D eigenvalue weighted by Gasteiger charge is 2.39. The van der Waals surface area contributed by atoms with Crippen LogP contribution in [-0.2, 0) is 16.0 Å². The number of hydrogen-bond donors (Lipinski definition) is 1. The summed E-state index contributed by atoms with van der Waals surface area (Å²) in [5.74, 6) is 0.859. The first-order valence-electron chi connectivity index (χ1n) is 11.7. The van der Waals surface area contributed by atoms with Crippen LogP contribution >= 0.6 is 0 Å². The minimum atomic E-state index is -4.41.